The molecule has 0 saturated carbocycles. The van der Waals surface area contributed by atoms with Gasteiger partial charge in [-0.2, -0.15) is 0 Å². The van der Waals surface area contributed by atoms with Crippen molar-refractivity contribution >= 4 is 0 Å². The molecule has 1 aromatic rings. The molecule has 0 fully saturated rings. The molecule has 0 aromatic carbocycles. The average molecular weight is 253 g/mol. The SMILES string of the molecule is CCCNC(c1nccn1CCC)C(CC)OC. The van der Waals surface area contributed by atoms with Crippen LogP contribution in [0.5, 0.6) is 0 Å². The van der Waals surface area contributed by atoms with Crippen LogP contribution < -0.4 is 5.32 Å². The van der Waals surface area contributed by atoms with Crippen LogP contribution >= 0.6 is 0 Å². The Labute approximate surface area is 111 Å². The van der Waals surface area contributed by atoms with E-state index in [9.17, 15) is 0 Å². The van der Waals surface area contributed by atoms with E-state index < -0.39 is 0 Å². The number of hydrogen-bond donors (Lipinski definition) is 1. The lowest BCUT2D eigenvalue weighted by atomic mass is 10.1. The Balaban J connectivity index is 2.89. The molecule has 0 aliphatic rings. The predicted octanol–water partition coefficient (Wildman–Crippen LogP) is 2.76. The van der Waals surface area contributed by atoms with E-state index in [0.717, 1.165) is 38.2 Å². The molecule has 0 radical (unpaired) electrons. The summed E-state index contributed by atoms with van der Waals surface area (Å²) in [6, 6.07) is 0.182. The highest BCUT2D eigenvalue weighted by molar-refractivity contribution is 5.02. The van der Waals surface area contributed by atoms with Crippen molar-refractivity contribution in [2.75, 3.05) is 13.7 Å². The van der Waals surface area contributed by atoms with Crippen molar-refractivity contribution in [2.24, 2.45) is 0 Å². The zero-order valence-electron chi connectivity index (χ0n) is 12.1. The molecule has 0 aliphatic carbocycles. The summed E-state index contributed by atoms with van der Waals surface area (Å²) in [6.07, 6.45) is 7.33. The van der Waals surface area contributed by atoms with Crippen molar-refractivity contribution in [2.45, 2.75) is 58.7 Å². The average Bonchev–Trinajstić information content (AvgIpc) is 2.83. The first kappa shape index (κ1) is 15.2. The second-order valence-corrected chi connectivity index (χ2v) is 4.59. The van der Waals surface area contributed by atoms with Crippen LogP contribution in [-0.4, -0.2) is 29.3 Å². The molecule has 0 bridgehead atoms. The zero-order chi connectivity index (χ0) is 13.4. The Morgan fingerprint density at radius 2 is 2.11 bits per heavy atom. The number of rotatable bonds is 9. The summed E-state index contributed by atoms with van der Waals surface area (Å²) in [7, 11) is 1.78. The lowest BCUT2D eigenvalue weighted by molar-refractivity contribution is 0.0611. The van der Waals surface area contributed by atoms with Crippen molar-refractivity contribution in [3.05, 3.63) is 18.2 Å². The molecule has 0 aliphatic heterocycles. The first-order chi connectivity index (χ1) is 8.78. The molecule has 1 N–H and O–H groups in total. The van der Waals surface area contributed by atoms with Crippen molar-refractivity contribution < 1.29 is 4.74 Å². The van der Waals surface area contributed by atoms with E-state index in [1.165, 1.54) is 0 Å². The number of aryl methyl sites for hydroxylation is 1. The fraction of sp³-hybridized carbons (Fsp3) is 0.786. The lowest BCUT2D eigenvalue weighted by Gasteiger charge is -2.26. The molecule has 2 atom stereocenters. The summed E-state index contributed by atoms with van der Waals surface area (Å²) >= 11 is 0. The van der Waals surface area contributed by atoms with Crippen LogP contribution in [0.4, 0.5) is 0 Å². The van der Waals surface area contributed by atoms with E-state index in [4.69, 9.17) is 4.74 Å². The van der Waals surface area contributed by atoms with Crippen molar-refractivity contribution in [3.8, 4) is 0 Å². The lowest BCUT2D eigenvalue weighted by Crippen LogP contribution is -2.35. The first-order valence-electron chi connectivity index (χ1n) is 7.05. The number of aromatic nitrogens is 2. The van der Waals surface area contributed by atoms with E-state index in [0.29, 0.717) is 0 Å². The van der Waals surface area contributed by atoms with Gasteiger partial charge in [-0.05, 0) is 25.8 Å². The Morgan fingerprint density at radius 1 is 1.33 bits per heavy atom. The van der Waals surface area contributed by atoms with Gasteiger partial charge >= 0.3 is 0 Å². The maximum absolute atomic E-state index is 5.60. The van der Waals surface area contributed by atoms with Gasteiger partial charge in [0.15, 0.2) is 0 Å². The molecular formula is C14H27N3O. The minimum Gasteiger partial charge on any atom is -0.379 e. The maximum atomic E-state index is 5.60. The third-order valence-electron chi connectivity index (χ3n) is 3.18. The molecule has 0 saturated heterocycles. The van der Waals surface area contributed by atoms with Crippen LogP contribution in [0, 0.1) is 0 Å². The Hall–Kier alpha value is -0.870. The molecule has 4 nitrogen and oxygen atoms in total. The first-order valence-corrected chi connectivity index (χ1v) is 7.05. The van der Waals surface area contributed by atoms with Gasteiger partial charge in [0.25, 0.3) is 0 Å². The standard InChI is InChI=1S/C14H27N3O/c1-5-8-15-13(12(7-3)18-4)14-16-9-11-17(14)10-6-2/h9,11-13,15H,5-8,10H2,1-4H3. The highest BCUT2D eigenvalue weighted by atomic mass is 16.5. The topological polar surface area (TPSA) is 39.1 Å². The predicted molar refractivity (Wildman–Crippen MR) is 74.6 cm³/mol. The van der Waals surface area contributed by atoms with E-state index >= 15 is 0 Å². The summed E-state index contributed by atoms with van der Waals surface area (Å²) in [5.41, 5.74) is 0. The van der Waals surface area contributed by atoms with Crippen molar-refractivity contribution in [1.29, 1.82) is 0 Å². The van der Waals surface area contributed by atoms with Crippen LogP contribution in [0.3, 0.4) is 0 Å². The molecule has 1 rings (SSSR count). The number of imidazole rings is 1. The van der Waals surface area contributed by atoms with Gasteiger partial charge in [0.05, 0.1) is 12.1 Å². The molecule has 104 valence electrons. The third kappa shape index (κ3) is 3.82. The highest BCUT2D eigenvalue weighted by Gasteiger charge is 2.24. The quantitative estimate of drug-likeness (QED) is 0.735. The smallest absolute Gasteiger partial charge is 0.128 e. The van der Waals surface area contributed by atoms with Crippen LogP contribution in [0.15, 0.2) is 12.4 Å². The van der Waals surface area contributed by atoms with E-state index in [-0.39, 0.29) is 12.1 Å². The fourth-order valence-corrected chi connectivity index (χ4v) is 2.26. The van der Waals surface area contributed by atoms with Crippen LogP contribution in [-0.2, 0) is 11.3 Å². The number of nitrogens with one attached hydrogen (secondary N) is 1. The second kappa shape index (κ2) is 8.27. The number of nitrogens with zero attached hydrogens (tertiary/aromatic N) is 2. The molecule has 4 heteroatoms. The van der Waals surface area contributed by atoms with Gasteiger partial charge in [-0.25, -0.2) is 4.98 Å². The Kier molecular flexibility index (Phi) is 6.98. The Bertz CT molecular complexity index is 321. The van der Waals surface area contributed by atoms with Crippen molar-refractivity contribution in [3.63, 3.8) is 0 Å². The molecule has 1 aromatic heterocycles. The molecule has 2 unspecified atom stereocenters. The van der Waals surface area contributed by atoms with Crippen LogP contribution in [0.2, 0.25) is 0 Å². The summed E-state index contributed by atoms with van der Waals surface area (Å²) in [5.74, 6) is 1.10. The van der Waals surface area contributed by atoms with Crippen LogP contribution in [0.25, 0.3) is 0 Å². The van der Waals surface area contributed by atoms with Gasteiger partial charge in [0.2, 0.25) is 0 Å². The monoisotopic (exact) mass is 253 g/mol. The van der Waals surface area contributed by atoms with Gasteiger partial charge in [-0.1, -0.05) is 20.8 Å². The van der Waals surface area contributed by atoms with E-state index in [1.807, 2.05) is 6.20 Å². The molecule has 18 heavy (non-hydrogen) atoms. The maximum Gasteiger partial charge on any atom is 0.128 e. The van der Waals surface area contributed by atoms with Gasteiger partial charge in [0, 0.05) is 26.0 Å². The molecule has 0 spiro atoms. The van der Waals surface area contributed by atoms with E-state index in [2.05, 4.69) is 41.8 Å². The Morgan fingerprint density at radius 3 is 2.67 bits per heavy atom. The van der Waals surface area contributed by atoms with Gasteiger partial charge in [0.1, 0.15) is 5.82 Å². The van der Waals surface area contributed by atoms with Gasteiger partial charge in [-0.15, -0.1) is 0 Å². The molecular weight excluding hydrogens is 226 g/mol. The van der Waals surface area contributed by atoms with Crippen LogP contribution in [0.1, 0.15) is 51.9 Å². The molecule has 0 amide bonds. The minimum absolute atomic E-state index is 0.176. The molecule has 1 heterocycles. The summed E-state index contributed by atoms with van der Waals surface area (Å²) in [5, 5.41) is 3.56. The van der Waals surface area contributed by atoms with Gasteiger partial charge in [-0.3, -0.25) is 0 Å². The third-order valence-corrected chi connectivity index (χ3v) is 3.18. The zero-order valence-corrected chi connectivity index (χ0v) is 12.1. The van der Waals surface area contributed by atoms with Crippen molar-refractivity contribution in [1.82, 2.24) is 14.9 Å². The number of ether oxygens (including phenoxy) is 1. The summed E-state index contributed by atoms with van der Waals surface area (Å²) in [6.45, 7) is 8.52. The van der Waals surface area contributed by atoms with E-state index in [1.54, 1.807) is 7.11 Å². The van der Waals surface area contributed by atoms with Gasteiger partial charge < -0.3 is 14.6 Å². The number of hydrogen-bond acceptors (Lipinski definition) is 3. The second-order valence-electron chi connectivity index (χ2n) is 4.59. The normalized spacial score (nSPS) is 14.7. The minimum atomic E-state index is 0.176. The summed E-state index contributed by atoms with van der Waals surface area (Å²) < 4.78 is 7.83. The highest BCUT2D eigenvalue weighted by Crippen LogP contribution is 2.20. The number of methoxy groups -OCH3 is 1. The fourth-order valence-electron chi connectivity index (χ4n) is 2.26. The summed E-state index contributed by atoms with van der Waals surface area (Å²) in [4.78, 5) is 4.53. The largest absolute Gasteiger partial charge is 0.379 e.